The number of hydroxylamine groups is 2. The highest BCUT2D eigenvalue weighted by molar-refractivity contribution is 6.01. The summed E-state index contributed by atoms with van der Waals surface area (Å²) in [6, 6.07) is 0. The third kappa shape index (κ3) is 4.98. The molecule has 2 saturated heterocycles. The van der Waals surface area contributed by atoms with E-state index in [0.717, 1.165) is 0 Å². The fourth-order valence-electron chi connectivity index (χ4n) is 2.79. The molecule has 10 nitrogen and oxygen atoms in total. The molecule has 3 N–H and O–H groups in total. The van der Waals surface area contributed by atoms with Gasteiger partial charge in [0.25, 0.3) is 11.8 Å². The van der Waals surface area contributed by atoms with Crippen molar-refractivity contribution in [2.24, 2.45) is 5.92 Å². The number of carbonyl (C=O) groups excluding carboxylic acids is 3. The molecule has 2 amide bonds. The van der Waals surface area contributed by atoms with Crippen LogP contribution in [0.4, 0.5) is 0 Å². The monoisotopic (exact) mass is 375 g/mol. The predicted molar refractivity (Wildman–Crippen MR) is 83.9 cm³/mol. The third-order valence-corrected chi connectivity index (χ3v) is 4.44. The van der Waals surface area contributed by atoms with Crippen molar-refractivity contribution in [3.63, 3.8) is 0 Å². The molecular formula is C16H25NO9. The van der Waals surface area contributed by atoms with Gasteiger partial charge in [0.15, 0.2) is 6.29 Å². The van der Waals surface area contributed by atoms with Crippen LogP contribution < -0.4 is 0 Å². The van der Waals surface area contributed by atoms with Gasteiger partial charge in [0, 0.05) is 31.8 Å². The first kappa shape index (κ1) is 20.7. The van der Waals surface area contributed by atoms with E-state index < -0.39 is 54.9 Å². The molecule has 2 aliphatic rings. The van der Waals surface area contributed by atoms with Crippen molar-refractivity contribution in [2.45, 2.75) is 63.6 Å². The van der Waals surface area contributed by atoms with Crippen LogP contribution >= 0.6 is 0 Å². The van der Waals surface area contributed by atoms with Crippen molar-refractivity contribution in [1.29, 1.82) is 0 Å². The van der Waals surface area contributed by atoms with Crippen LogP contribution in [0, 0.1) is 5.92 Å². The van der Waals surface area contributed by atoms with E-state index in [2.05, 4.69) is 0 Å². The minimum Gasteiger partial charge on any atom is -0.394 e. The topological polar surface area (TPSA) is 143 Å². The molecule has 0 saturated carbocycles. The molecule has 0 aromatic carbocycles. The van der Waals surface area contributed by atoms with Crippen molar-refractivity contribution < 1.29 is 44.0 Å². The van der Waals surface area contributed by atoms with Gasteiger partial charge in [-0.2, -0.15) is 0 Å². The second kappa shape index (κ2) is 9.38. The van der Waals surface area contributed by atoms with E-state index in [0.29, 0.717) is 17.9 Å². The maximum atomic E-state index is 11.6. The number of aliphatic hydroxyl groups excluding tert-OH is 3. The van der Waals surface area contributed by atoms with E-state index in [1.807, 2.05) is 0 Å². The van der Waals surface area contributed by atoms with E-state index in [4.69, 9.17) is 19.4 Å². The number of hydrogen-bond donors (Lipinski definition) is 3. The molecule has 2 heterocycles. The first-order chi connectivity index (χ1) is 12.3. The molecule has 26 heavy (non-hydrogen) atoms. The molecule has 5 unspecified atom stereocenters. The summed E-state index contributed by atoms with van der Waals surface area (Å²) < 4.78 is 10.9. The van der Waals surface area contributed by atoms with Gasteiger partial charge in [0.1, 0.15) is 12.2 Å². The lowest BCUT2D eigenvalue weighted by Crippen LogP contribution is -2.55. The van der Waals surface area contributed by atoms with Crippen LogP contribution in [-0.2, 0) is 28.7 Å². The number of carbonyl (C=O) groups is 3. The van der Waals surface area contributed by atoms with Gasteiger partial charge < -0.3 is 29.6 Å². The third-order valence-electron chi connectivity index (χ3n) is 4.44. The van der Waals surface area contributed by atoms with E-state index >= 15 is 0 Å². The number of ether oxygens (including phenoxy) is 2. The van der Waals surface area contributed by atoms with Crippen LogP contribution in [0.25, 0.3) is 0 Å². The SMILES string of the molecule is CC1C(OCCCCC(=O)ON2C(=O)CCC2=O)OC(CO)C(O)C1O. The summed E-state index contributed by atoms with van der Waals surface area (Å²) in [5, 5.41) is 29.4. The van der Waals surface area contributed by atoms with Crippen molar-refractivity contribution in [3.8, 4) is 0 Å². The molecular weight excluding hydrogens is 350 g/mol. The average Bonchev–Trinajstić information content (AvgIpc) is 2.93. The smallest absolute Gasteiger partial charge is 0.333 e. The summed E-state index contributed by atoms with van der Waals surface area (Å²) in [5.41, 5.74) is 0. The standard InChI is InChI=1S/C16H25NO9/c1-9-14(22)15(23)10(8-18)25-16(9)24-7-3-2-4-13(21)26-17-11(19)5-6-12(17)20/h9-10,14-16,18,22-23H,2-8H2,1H3. The van der Waals surface area contributed by atoms with Crippen LogP contribution in [0.1, 0.15) is 39.0 Å². The number of imide groups is 1. The van der Waals surface area contributed by atoms with Gasteiger partial charge in [0.2, 0.25) is 0 Å². The van der Waals surface area contributed by atoms with E-state index in [1.54, 1.807) is 6.92 Å². The number of rotatable bonds is 8. The molecule has 148 valence electrons. The summed E-state index contributed by atoms with van der Waals surface area (Å²) >= 11 is 0. The summed E-state index contributed by atoms with van der Waals surface area (Å²) in [6.07, 6.45) is -2.95. The van der Waals surface area contributed by atoms with E-state index in [-0.39, 0.29) is 25.9 Å². The highest BCUT2D eigenvalue weighted by Crippen LogP contribution is 2.26. The molecule has 0 bridgehead atoms. The summed E-state index contributed by atoms with van der Waals surface area (Å²) in [5.74, 6) is -2.19. The molecule has 0 spiro atoms. The molecule has 10 heteroatoms. The van der Waals surface area contributed by atoms with Gasteiger partial charge in [-0.25, -0.2) is 4.79 Å². The fourth-order valence-corrected chi connectivity index (χ4v) is 2.79. The molecule has 0 aromatic heterocycles. The van der Waals surface area contributed by atoms with E-state index in [9.17, 15) is 24.6 Å². The van der Waals surface area contributed by atoms with Gasteiger partial charge in [0.05, 0.1) is 12.7 Å². The summed E-state index contributed by atoms with van der Waals surface area (Å²) in [4.78, 5) is 39.1. The van der Waals surface area contributed by atoms with Crippen LogP contribution in [0.5, 0.6) is 0 Å². The Hall–Kier alpha value is -1.59. The van der Waals surface area contributed by atoms with E-state index in [1.165, 1.54) is 0 Å². The maximum absolute atomic E-state index is 11.6. The Morgan fingerprint density at radius 3 is 2.46 bits per heavy atom. The number of amides is 2. The Morgan fingerprint density at radius 1 is 1.19 bits per heavy atom. The molecule has 0 aliphatic carbocycles. The number of aliphatic hydroxyl groups is 3. The Morgan fingerprint density at radius 2 is 1.85 bits per heavy atom. The first-order valence-electron chi connectivity index (χ1n) is 8.65. The first-order valence-corrected chi connectivity index (χ1v) is 8.65. The largest absolute Gasteiger partial charge is 0.394 e. The van der Waals surface area contributed by atoms with Gasteiger partial charge in [-0.3, -0.25) is 9.59 Å². The average molecular weight is 375 g/mol. The molecule has 0 radical (unpaired) electrons. The Bertz CT molecular complexity index is 508. The van der Waals surface area contributed by atoms with Gasteiger partial charge >= 0.3 is 5.97 Å². The van der Waals surface area contributed by atoms with Crippen LogP contribution in [0.3, 0.4) is 0 Å². The molecule has 0 aromatic rings. The second-order valence-electron chi connectivity index (χ2n) is 6.44. The van der Waals surface area contributed by atoms with Gasteiger partial charge in [-0.05, 0) is 12.8 Å². The van der Waals surface area contributed by atoms with Crippen molar-refractivity contribution in [1.82, 2.24) is 5.06 Å². The Labute approximate surface area is 150 Å². The Kier molecular flexibility index (Phi) is 7.47. The zero-order valence-corrected chi connectivity index (χ0v) is 14.6. The lowest BCUT2D eigenvalue weighted by Gasteiger charge is -2.40. The zero-order valence-electron chi connectivity index (χ0n) is 14.6. The number of nitrogens with zero attached hydrogens (tertiary/aromatic N) is 1. The normalized spacial score (nSPS) is 32.2. The molecule has 2 rings (SSSR count). The van der Waals surface area contributed by atoms with Crippen molar-refractivity contribution in [2.75, 3.05) is 13.2 Å². The maximum Gasteiger partial charge on any atom is 0.333 e. The van der Waals surface area contributed by atoms with Crippen molar-refractivity contribution >= 4 is 17.8 Å². The van der Waals surface area contributed by atoms with Gasteiger partial charge in [-0.15, -0.1) is 5.06 Å². The highest BCUT2D eigenvalue weighted by atomic mass is 16.7. The van der Waals surface area contributed by atoms with Crippen LogP contribution in [0.15, 0.2) is 0 Å². The number of hydrogen-bond acceptors (Lipinski definition) is 9. The van der Waals surface area contributed by atoms with Gasteiger partial charge in [-0.1, -0.05) is 6.92 Å². The lowest BCUT2D eigenvalue weighted by molar-refractivity contribution is -0.282. The minimum atomic E-state index is -1.18. The number of unbranched alkanes of at least 4 members (excludes halogenated alkanes) is 1. The quantitative estimate of drug-likeness (QED) is 0.354. The fraction of sp³-hybridized carbons (Fsp3) is 0.812. The van der Waals surface area contributed by atoms with Crippen molar-refractivity contribution in [3.05, 3.63) is 0 Å². The molecule has 5 atom stereocenters. The van der Waals surface area contributed by atoms with Crippen LogP contribution in [0.2, 0.25) is 0 Å². The lowest BCUT2D eigenvalue weighted by atomic mass is 9.92. The minimum absolute atomic E-state index is 0.0160. The Balaban J connectivity index is 1.64. The van der Waals surface area contributed by atoms with Crippen LogP contribution in [-0.4, -0.2) is 76.0 Å². The molecule has 2 aliphatic heterocycles. The second-order valence-corrected chi connectivity index (χ2v) is 6.44. The molecule has 2 fully saturated rings. The zero-order chi connectivity index (χ0) is 19.3. The summed E-state index contributed by atoms with van der Waals surface area (Å²) in [7, 11) is 0. The highest BCUT2D eigenvalue weighted by Gasteiger charge is 2.42. The predicted octanol–water partition coefficient (Wildman–Crippen LogP) is -1.14. The summed E-state index contributed by atoms with van der Waals surface area (Å²) in [6.45, 7) is 1.45.